The molecule has 4 rings (SSSR count). The minimum Gasteiger partial charge on any atom is -0.497 e. The van der Waals surface area contributed by atoms with Gasteiger partial charge in [0.25, 0.3) is 10.0 Å². The fourth-order valence-electron chi connectivity index (χ4n) is 5.10. The molecule has 230 valence electrons. The predicted octanol–water partition coefficient (Wildman–Crippen LogP) is 6.37. The average molecular weight is 647 g/mol. The number of sulfonamides is 1. The van der Waals surface area contributed by atoms with Gasteiger partial charge in [-0.1, -0.05) is 66.2 Å². The number of amides is 2. The Hall–Kier alpha value is -3.27. The van der Waals surface area contributed by atoms with E-state index in [1.54, 1.807) is 61.5 Å². The first-order valence-corrected chi connectivity index (χ1v) is 16.5. The lowest BCUT2D eigenvalue weighted by molar-refractivity contribution is -0.139. The van der Waals surface area contributed by atoms with Gasteiger partial charge >= 0.3 is 0 Å². The van der Waals surface area contributed by atoms with E-state index in [1.807, 2.05) is 6.92 Å². The standard InChI is InChI=1S/C32H37Cl2N3O5S/c1-22-9-13-27(14-10-22)37(43(40,41)29-17-15-28(42-3)16-18-29)21-31(38)36(20-24-11-12-25(33)19-30(24)34)23(2)32(39)35-26-7-5-4-6-8-26/h9-19,23,26H,4-8,20-21H2,1-3H3,(H,35,39)/t23-/m0/s1. The highest BCUT2D eigenvalue weighted by atomic mass is 35.5. The smallest absolute Gasteiger partial charge is 0.264 e. The Kier molecular flexibility index (Phi) is 11.0. The number of halogens is 2. The molecule has 1 aliphatic rings. The summed E-state index contributed by atoms with van der Waals surface area (Å²) in [5.41, 5.74) is 1.83. The Bertz CT molecular complexity index is 1530. The van der Waals surface area contributed by atoms with Crippen molar-refractivity contribution in [3.05, 3.63) is 87.9 Å². The van der Waals surface area contributed by atoms with Crippen molar-refractivity contribution in [2.24, 2.45) is 0 Å². The molecule has 11 heteroatoms. The lowest BCUT2D eigenvalue weighted by Crippen LogP contribution is -2.53. The maximum atomic E-state index is 14.1. The molecule has 0 aromatic heterocycles. The minimum atomic E-state index is -4.19. The van der Waals surface area contributed by atoms with Gasteiger partial charge in [0.15, 0.2) is 0 Å². The van der Waals surface area contributed by atoms with Crippen molar-refractivity contribution in [1.29, 1.82) is 0 Å². The molecule has 0 heterocycles. The number of methoxy groups -OCH3 is 1. The van der Waals surface area contributed by atoms with Crippen LogP contribution in [0.5, 0.6) is 5.75 Å². The molecule has 8 nitrogen and oxygen atoms in total. The summed E-state index contributed by atoms with van der Waals surface area (Å²) in [4.78, 5) is 29.0. The second-order valence-corrected chi connectivity index (χ2v) is 13.5. The van der Waals surface area contributed by atoms with Gasteiger partial charge in [0.05, 0.1) is 17.7 Å². The molecule has 1 saturated carbocycles. The fraction of sp³-hybridized carbons (Fsp3) is 0.375. The van der Waals surface area contributed by atoms with Gasteiger partial charge in [0.1, 0.15) is 18.3 Å². The van der Waals surface area contributed by atoms with E-state index < -0.39 is 28.5 Å². The second kappa shape index (κ2) is 14.5. The van der Waals surface area contributed by atoms with Gasteiger partial charge in [-0.05, 0) is 80.8 Å². The van der Waals surface area contributed by atoms with Gasteiger partial charge < -0.3 is 15.0 Å². The van der Waals surface area contributed by atoms with Crippen LogP contribution in [0.1, 0.15) is 50.2 Å². The molecule has 0 aliphatic heterocycles. The van der Waals surface area contributed by atoms with E-state index in [1.165, 1.54) is 24.1 Å². The molecule has 1 fully saturated rings. The highest BCUT2D eigenvalue weighted by molar-refractivity contribution is 7.92. The predicted molar refractivity (Wildman–Crippen MR) is 170 cm³/mol. The van der Waals surface area contributed by atoms with E-state index in [0.29, 0.717) is 27.0 Å². The number of nitrogens with zero attached hydrogens (tertiary/aromatic N) is 2. The Morgan fingerprint density at radius 3 is 2.23 bits per heavy atom. The van der Waals surface area contributed by atoms with Crippen LogP contribution in [0.25, 0.3) is 0 Å². The van der Waals surface area contributed by atoms with Crippen LogP contribution in [-0.4, -0.2) is 50.9 Å². The number of aryl methyl sites for hydroxylation is 1. The fourth-order valence-corrected chi connectivity index (χ4v) is 6.98. The number of rotatable bonds is 11. The van der Waals surface area contributed by atoms with Gasteiger partial charge in [-0.25, -0.2) is 8.42 Å². The molecule has 0 radical (unpaired) electrons. The molecule has 0 saturated heterocycles. The van der Waals surface area contributed by atoms with Crippen molar-refractivity contribution in [2.45, 2.75) is 69.5 Å². The van der Waals surface area contributed by atoms with Gasteiger partial charge in [0.2, 0.25) is 11.8 Å². The first-order chi connectivity index (χ1) is 20.5. The third-order valence-corrected chi connectivity index (χ3v) is 10.1. The summed E-state index contributed by atoms with van der Waals surface area (Å²) >= 11 is 12.6. The van der Waals surface area contributed by atoms with E-state index in [0.717, 1.165) is 42.0 Å². The van der Waals surface area contributed by atoms with E-state index in [4.69, 9.17) is 27.9 Å². The average Bonchev–Trinajstić information content (AvgIpc) is 3.00. The zero-order chi connectivity index (χ0) is 31.1. The first kappa shape index (κ1) is 32.6. The normalized spacial score (nSPS) is 14.5. The monoisotopic (exact) mass is 645 g/mol. The lowest BCUT2D eigenvalue weighted by Gasteiger charge is -2.33. The Morgan fingerprint density at radius 2 is 1.63 bits per heavy atom. The van der Waals surface area contributed by atoms with Crippen LogP contribution < -0.4 is 14.4 Å². The number of anilines is 1. The van der Waals surface area contributed by atoms with Gasteiger partial charge in [0, 0.05) is 22.6 Å². The molecule has 1 aliphatic carbocycles. The molecule has 3 aromatic rings. The maximum absolute atomic E-state index is 14.1. The number of benzene rings is 3. The molecular weight excluding hydrogens is 609 g/mol. The molecule has 2 amide bonds. The van der Waals surface area contributed by atoms with E-state index in [2.05, 4.69) is 5.32 Å². The maximum Gasteiger partial charge on any atom is 0.264 e. The van der Waals surface area contributed by atoms with Crippen molar-refractivity contribution in [1.82, 2.24) is 10.2 Å². The minimum absolute atomic E-state index is 0.00272. The van der Waals surface area contributed by atoms with Crippen LogP contribution >= 0.6 is 23.2 Å². The van der Waals surface area contributed by atoms with Crippen molar-refractivity contribution >= 4 is 50.7 Å². The van der Waals surface area contributed by atoms with Gasteiger partial charge in [-0.15, -0.1) is 0 Å². The summed E-state index contributed by atoms with van der Waals surface area (Å²) in [7, 11) is -2.70. The number of hydrogen-bond acceptors (Lipinski definition) is 5. The highest BCUT2D eigenvalue weighted by Crippen LogP contribution is 2.28. The van der Waals surface area contributed by atoms with Crippen molar-refractivity contribution < 1.29 is 22.7 Å². The zero-order valence-corrected chi connectivity index (χ0v) is 26.9. The molecule has 0 bridgehead atoms. The number of ether oxygens (including phenoxy) is 1. The third-order valence-electron chi connectivity index (χ3n) is 7.72. The Morgan fingerprint density at radius 1 is 0.977 bits per heavy atom. The number of carbonyl (C=O) groups is 2. The molecular formula is C32H37Cl2N3O5S. The second-order valence-electron chi connectivity index (χ2n) is 10.8. The summed E-state index contributed by atoms with van der Waals surface area (Å²) in [6.45, 7) is 2.98. The van der Waals surface area contributed by atoms with E-state index in [9.17, 15) is 18.0 Å². The lowest BCUT2D eigenvalue weighted by atomic mass is 9.95. The van der Waals surface area contributed by atoms with E-state index >= 15 is 0 Å². The summed E-state index contributed by atoms with van der Waals surface area (Å²) in [5, 5.41) is 3.87. The molecule has 0 unspecified atom stereocenters. The van der Waals surface area contributed by atoms with Gasteiger partial charge in [-0.3, -0.25) is 13.9 Å². The Labute approximate surface area is 264 Å². The summed E-state index contributed by atoms with van der Waals surface area (Å²) in [5.74, 6) is -0.360. The molecule has 43 heavy (non-hydrogen) atoms. The summed E-state index contributed by atoms with van der Waals surface area (Å²) in [6, 6.07) is 16.9. The first-order valence-electron chi connectivity index (χ1n) is 14.3. The number of nitrogens with one attached hydrogen (secondary N) is 1. The van der Waals surface area contributed by atoms with Crippen molar-refractivity contribution in [3.63, 3.8) is 0 Å². The largest absolute Gasteiger partial charge is 0.497 e. The van der Waals surface area contributed by atoms with Crippen LogP contribution in [0, 0.1) is 6.92 Å². The molecule has 1 N–H and O–H groups in total. The topological polar surface area (TPSA) is 96.0 Å². The SMILES string of the molecule is COc1ccc(S(=O)(=O)N(CC(=O)N(Cc2ccc(Cl)cc2Cl)[C@@H](C)C(=O)NC2CCCCC2)c2ccc(C)cc2)cc1. The van der Waals surface area contributed by atoms with Crippen LogP contribution in [0.15, 0.2) is 71.6 Å². The number of hydrogen-bond donors (Lipinski definition) is 1. The third kappa shape index (κ3) is 8.22. The quantitative estimate of drug-likeness (QED) is 0.261. The van der Waals surface area contributed by atoms with Gasteiger partial charge in [-0.2, -0.15) is 0 Å². The van der Waals surface area contributed by atoms with Crippen LogP contribution in [0.4, 0.5) is 5.69 Å². The highest BCUT2D eigenvalue weighted by Gasteiger charge is 2.33. The van der Waals surface area contributed by atoms with E-state index in [-0.39, 0.29) is 23.4 Å². The van der Waals surface area contributed by atoms with Crippen LogP contribution in [0.3, 0.4) is 0 Å². The van der Waals surface area contributed by atoms with Crippen LogP contribution in [0.2, 0.25) is 10.0 Å². The molecule has 1 atom stereocenters. The summed E-state index contributed by atoms with van der Waals surface area (Å²) < 4.78 is 34.2. The zero-order valence-electron chi connectivity index (χ0n) is 24.6. The molecule has 0 spiro atoms. The van der Waals surface area contributed by atoms with Crippen LogP contribution in [-0.2, 0) is 26.2 Å². The summed E-state index contributed by atoms with van der Waals surface area (Å²) in [6.07, 6.45) is 4.99. The number of carbonyl (C=O) groups excluding carboxylic acids is 2. The Balaban J connectivity index is 1.69. The van der Waals surface area contributed by atoms with Crippen molar-refractivity contribution in [2.75, 3.05) is 18.0 Å². The molecule has 3 aromatic carbocycles. The van der Waals surface area contributed by atoms with Crippen molar-refractivity contribution in [3.8, 4) is 5.75 Å².